The summed E-state index contributed by atoms with van der Waals surface area (Å²) in [4.78, 5) is 8.02. The van der Waals surface area contributed by atoms with Crippen LogP contribution in [0.5, 0.6) is 0 Å². The fourth-order valence-electron chi connectivity index (χ4n) is 1.47. The first-order valence-corrected chi connectivity index (χ1v) is 4.68. The van der Waals surface area contributed by atoms with Crippen LogP contribution in [0.3, 0.4) is 0 Å². The summed E-state index contributed by atoms with van der Waals surface area (Å²) in [6.45, 7) is 0.486. The molecule has 0 aliphatic rings. The van der Waals surface area contributed by atoms with Crippen LogP contribution < -0.4 is 11.5 Å². The second-order valence-electron chi connectivity index (χ2n) is 3.16. The maximum Gasteiger partial charge on any atom is 0.220 e. The maximum atomic E-state index is 5.65. The molecule has 4 N–H and O–H groups in total. The third-order valence-electron chi connectivity index (χ3n) is 2.19. The summed E-state index contributed by atoms with van der Waals surface area (Å²) in [5.41, 5.74) is 14.1. The van der Waals surface area contributed by atoms with E-state index in [9.17, 15) is 0 Å². The number of nitrogens with zero attached hydrogens (tertiary/aromatic N) is 2. The van der Waals surface area contributed by atoms with Gasteiger partial charge in [-0.25, -0.2) is 9.97 Å². The Bertz CT molecular complexity index is 468. The summed E-state index contributed by atoms with van der Waals surface area (Å²) in [5.74, 6) is 0.277. The molecule has 0 unspecified atom stereocenters. The van der Waals surface area contributed by atoms with E-state index in [-0.39, 0.29) is 5.95 Å². The van der Waals surface area contributed by atoms with Gasteiger partial charge in [-0.1, -0.05) is 24.3 Å². The molecule has 15 heavy (non-hydrogen) atoms. The van der Waals surface area contributed by atoms with Crippen LogP contribution in [0, 0.1) is 0 Å². The highest BCUT2D eigenvalue weighted by molar-refractivity contribution is 5.64. The number of aromatic nitrogens is 2. The van der Waals surface area contributed by atoms with Gasteiger partial charge < -0.3 is 11.5 Å². The Morgan fingerprint density at radius 1 is 1.13 bits per heavy atom. The number of nitrogen functional groups attached to an aromatic ring is 1. The molecular weight excluding hydrogens is 188 g/mol. The molecule has 4 heteroatoms. The van der Waals surface area contributed by atoms with Crippen molar-refractivity contribution in [2.75, 3.05) is 5.73 Å². The smallest absolute Gasteiger partial charge is 0.220 e. The SMILES string of the molecule is NCc1ccccc1-c1ccnc(N)n1. The van der Waals surface area contributed by atoms with Gasteiger partial charge in [0.2, 0.25) is 5.95 Å². The molecule has 0 saturated heterocycles. The van der Waals surface area contributed by atoms with Crippen LogP contribution in [0.25, 0.3) is 11.3 Å². The maximum absolute atomic E-state index is 5.65. The molecular formula is C11H12N4. The molecule has 0 saturated carbocycles. The quantitative estimate of drug-likeness (QED) is 0.763. The molecule has 0 atom stereocenters. The molecule has 4 nitrogen and oxygen atoms in total. The van der Waals surface area contributed by atoms with E-state index in [1.807, 2.05) is 30.3 Å². The number of hydrogen-bond acceptors (Lipinski definition) is 4. The van der Waals surface area contributed by atoms with Gasteiger partial charge in [-0.3, -0.25) is 0 Å². The molecule has 1 aromatic heterocycles. The standard InChI is InChI=1S/C11H12N4/c12-7-8-3-1-2-4-9(8)10-5-6-14-11(13)15-10/h1-6H,7,12H2,(H2,13,14,15). The third-order valence-corrected chi connectivity index (χ3v) is 2.19. The molecule has 2 rings (SSSR count). The predicted molar refractivity (Wildman–Crippen MR) is 59.8 cm³/mol. The number of nitrogens with two attached hydrogens (primary N) is 2. The minimum absolute atomic E-state index is 0.277. The van der Waals surface area contributed by atoms with E-state index in [1.54, 1.807) is 6.20 Å². The van der Waals surface area contributed by atoms with Gasteiger partial charge >= 0.3 is 0 Å². The van der Waals surface area contributed by atoms with Crippen LogP contribution in [0.1, 0.15) is 5.56 Å². The third kappa shape index (κ3) is 1.94. The summed E-state index contributed by atoms with van der Waals surface area (Å²) in [7, 11) is 0. The van der Waals surface area contributed by atoms with Gasteiger partial charge in [-0.15, -0.1) is 0 Å². The molecule has 0 aliphatic heterocycles. The fourth-order valence-corrected chi connectivity index (χ4v) is 1.47. The van der Waals surface area contributed by atoms with E-state index in [0.29, 0.717) is 6.54 Å². The lowest BCUT2D eigenvalue weighted by molar-refractivity contribution is 1.07. The topological polar surface area (TPSA) is 77.8 Å². The van der Waals surface area contributed by atoms with Gasteiger partial charge in [0.15, 0.2) is 0 Å². The van der Waals surface area contributed by atoms with Crippen molar-refractivity contribution < 1.29 is 0 Å². The van der Waals surface area contributed by atoms with Gasteiger partial charge in [-0.2, -0.15) is 0 Å². The van der Waals surface area contributed by atoms with E-state index >= 15 is 0 Å². The zero-order valence-electron chi connectivity index (χ0n) is 8.22. The Hall–Kier alpha value is -1.94. The van der Waals surface area contributed by atoms with Crippen LogP contribution in [0.15, 0.2) is 36.5 Å². The highest BCUT2D eigenvalue weighted by Crippen LogP contribution is 2.21. The van der Waals surface area contributed by atoms with Crippen LogP contribution in [-0.2, 0) is 6.54 Å². The van der Waals surface area contributed by atoms with Gasteiger partial charge in [0.25, 0.3) is 0 Å². The summed E-state index contributed by atoms with van der Waals surface area (Å²) in [6.07, 6.45) is 1.64. The van der Waals surface area contributed by atoms with Crippen molar-refractivity contribution in [3.8, 4) is 11.3 Å². The van der Waals surface area contributed by atoms with Crippen molar-refractivity contribution >= 4 is 5.95 Å². The second kappa shape index (κ2) is 4.06. The van der Waals surface area contributed by atoms with Crippen molar-refractivity contribution in [3.05, 3.63) is 42.1 Å². The van der Waals surface area contributed by atoms with Gasteiger partial charge in [0.1, 0.15) is 0 Å². The van der Waals surface area contributed by atoms with E-state index in [1.165, 1.54) is 0 Å². The van der Waals surface area contributed by atoms with E-state index in [2.05, 4.69) is 9.97 Å². The number of benzene rings is 1. The number of hydrogen-bond donors (Lipinski definition) is 2. The van der Waals surface area contributed by atoms with Crippen molar-refractivity contribution in [1.82, 2.24) is 9.97 Å². The Morgan fingerprint density at radius 2 is 1.93 bits per heavy atom. The van der Waals surface area contributed by atoms with Crippen molar-refractivity contribution in [1.29, 1.82) is 0 Å². The number of anilines is 1. The molecule has 0 fully saturated rings. The van der Waals surface area contributed by atoms with E-state index < -0.39 is 0 Å². The Labute approximate surface area is 88.0 Å². The molecule has 0 spiro atoms. The van der Waals surface area contributed by atoms with Crippen LogP contribution in [0.2, 0.25) is 0 Å². The van der Waals surface area contributed by atoms with E-state index in [0.717, 1.165) is 16.8 Å². The monoisotopic (exact) mass is 200 g/mol. The predicted octanol–water partition coefficient (Wildman–Crippen LogP) is 1.18. The lowest BCUT2D eigenvalue weighted by Gasteiger charge is -2.06. The fraction of sp³-hybridized carbons (Fsp3) is 0.0909. The zero-order chi connectivity index (χ0) is 10.7. The van der Waals surface area contributed by atoms with Crippen molar-refractivity contribution in [2.24, 2.45) is 5.73 Å². The zero-order valence-corrected chi connectivity index (χ0v) is 8.22. The molecule has 76 valence electrons. The highest BCUT2D eigenvalue weighted by Gasteiger charge is 2.04. The van der Waals surface area contributed by atoms with Gasteiger partial charge in [0, 0.05) is 18.3 Å². The summed E-state index contributed by atoms with van der Waals surface area (Å²) in [5, 5.41) is 0. The normalized spacial score (nSPS) is 10.2. The first kappa shape index (κ1) is 9.61. The highest BCUT2D eigenvalue weighted by atomic mass is 15.0. The van der Waals surface area contributed by atoms with Crippen LogP contribution in [-0.4, -0.2) is 9.97 Å². The first-order chi connectivity index (χ1) is 7.31. The molecule has 0 amide bonds. The molecule has 1 heterocycles. The van der Waals surface area contributed by atoms with Crippen molar-refractivity contribution in [2.45, 2.75) is 6.54 Å². The first-order valence-electron chi connectivity index (χ1n) is 4.68. The molecule has 0 aliphatic carbocycles. The van der Waals surface area contributed by atoms with Crippen LogP contribution >= 0.6 is 0 Å². The lowest BCUT2D eigenvalue weighted by atomic mass is 10.0. The van der Waals surface area contributed by atoms with Crippen molar-refractivity contribution in [3.63, 3.8) is 0 Å². The molecule has 2 aromatic rings. The molecule has 1 aromatic carbocycles. The Balaban J connectivity index is 2.53. The molecule has 0 radical (unpaired) electrons. The Morgan fingerprint density at radius 3 is 2.67 bits per heavy atom. The van der Waals surface area contributed by atoms with Gasteiger partial charge in [0.05, 0.1) is 5.69 Å². The van der Waals surface area contributed by atoms with Crippen LogP contribution in [0.4, 0.5) is 5.95 Å². The summed E-state index contributed by atoms with van der Waals surface area (Å²) < 4.78 is 0. The van der Waals surface area contributed by atoms with Gasteiger partial charge in [-0.05, 0) is 11.6 Å². The summed E-state index contributed by atoms with van der Waals surface area (Å²) in [6, 6.07) is 9.69. The minimum Gasteiger partial charge on any atom is -0.368 e. The minimum atomic E-state index is 0.277. The second-order valence-corrected chi connectivity index (χ2v) is 3.16. The average Bonchev–Trinajstić information content (AvgIpc) is 2.29. The largest absolute Gasteiger partial charge is 0.368 e. The van der Waals surface area contributed by atoms with E-state index in [4.69, 9.17) is 11.5 Å². The Kier molecular flexibility index (Phi) is 2.60. The lowest BCUT2D eigenvalue weighted by Crippen LogP contribution is -2.01. The molecule has 0 bridgehead atoms. The summed E-state index contributed by atoms with van der Waals surface area (Å²) >= 11 is 0. The average molecular weight is 200 g/mol. The number of rotatable bonds is 2.